The Morgan fingerprint density at radius 3 is 2.70 bits per heavy atom. The predicted molar refractivity (Wildman–Crippen MR) is 133 cm³/mol. The van der Waals surface area contributed by atoms with E-state index in [0.717, 1.165) is 72.8 Å². The van der Waals surface area contributed by atoms with Gasteiger partial charge in [-0.1, -0.05) is 19.8 Å². The van der Waals surface area contributed by atoms with Gasteiger partial charge >= 0.3 is 0 Å². The van der Waals surface area contributed by atoms with Crippen LogP contribution in [0.15, 0.2) is 24.7 Å². The lowest BCUT2D eigenvalue weighted by molar-refractivity contribution is 0.421. The Labute approximate surface area is 194 Å². The molecule has 0 unspecified atom stereocenters. The molecule has 0 atom stereocenters. The van der Waals surface area contributed by atoms with Crippen LogP contribution in [0.4, 0.5) is 5.82 Å². The fourth-order valence-electron chi connectivity index (χ4n) is 5.35. The summed E-state index contributed by atoms with van der Waals surface area (Å²) in [6.45, 7) is 8.24. The molecule has 5 heterocycles. The first kappa shape index (κ1) is 20.5. The lowest BCUT2D eigenvalue weighted by Gasteiger charge is -2.32. The van der Waals surface area contributed by atoms with E-state index in [1.807, 2.05) is 12.4 Å². The smallest absolute Gasteiger partial charge is 0.163 e. The highest BCUT2D eigenvalue weighted by Crippen LogP contribution is 2.42. The lowest BCUT2D eigenvalue weighted by Crippen LogP contribution is -2.44. The van der Waals surface area contributed by atoms with Crippen LogP contribution in [0.1, 0.15) is 55.3 Å². The maximum atomic E-state index is 5.26. The summed E-state index contributed by atoms with van der Waals surface area (Å²) in [7, 11) is 0. The molecule has 4 aromatic heterocycles. The van der Waals surface area contributed by atoms with Gasteiger partial charge in [0.2, 0.25) is 0 Å². The molecule has 33 heavy (non-hydrogen) atoms. The summed E-state index contributed by atoms with van der Waals surface area (Å²) in [4.78, 5) is 25.5. The van der Waals surface area contributed by atoms with Gasteiger partial charge in [0.25, 0.3) is 0 Å². The molecule has 0 radical (unpaired) electrons. The summed E-state index contributed by atoms with van der Waals surface area (Å²) in [5, 5.41) is 5.81. The van der Waals surface area contributed by atoms with Crippen LogP contribution >= 0.6 is 0 Å². The Kier molecular flexibility index (Phi) is 5.21. The summed E-state index contributed by atoms with van der Waals surface area (Å²) >= 11 is 0. The van der Waals surface area contributed by atoms with Crippen molar-refractivity contribution in [3.8, 4) is 11.4 Å². The SMILES string of the molecule is CCCc1[nH]c2nccc(-c3nc(N4CCNCC4)c4c(C5CCC5)cncc4n3)c2c1C. The van der Waals surface area contributed by atoms with Gasteiger partial charge in [0.1, 0.15) is 11.5 Å². The molecule has 4 aromatic rings. The Bertz CT molecular complexity index is 1320. The molecule has 1 saturated heterocycles. The van der Waals surface area contributed by atoms with Crippen molar-refractivity contribution in [2.75, 3.05) is 31.1 Å². The van der Waals surface area contributed by atoms with Crippen molar-refractivity contribution in [1.29, 1.82) is 0 Å². The molecule has 0 amide bonds. The van der Waals surface area contributed by atoms with E-state index in [4.69, 9.17) is 9.97 Å². The number of anilines is 1. The predicted octanol–water partition coefficient (Wildman–Crippen LogP) is 4.51. The Hall–Kier alpha value is -3.06. The number of fused-ring (bicyclic) bond motifs is 2. The summed E-state index contributed by atoms with van der Waals surface area (Å²) in [5.74, 6) is 2.40. The monoisotopic (exact) mass is 441 g/mol. The van der Waals surface area contributed by atoms with Gasteiger partial charge in [-0.3, -0.25) is 4.98 Å². The van der Waals surface area contributed by atoms with E-state index in [-0.39, 0.29) is 0 Å². The number of rotatable bonds is 5. The van der Waals surface area contributed by atoms with Crippen molar-refractivity contribution >= 4 is 27.8 Å². The van der Waals surface area contributed by atoms with Gasteiger partial charge in [0, 0.05) is 60.6 Å². The molecule has 7 nitrogen and oxygen atoms in total. The fourth-order valence-corrected chi connectivity index (χ4v) is 5.35. The largest absolute Gasteiger partial charge is 0.353 e. The summed E-state index contributed by atoms with van der Waals surface area (Å²) < 4.78 is 0. The van der Waals surface area contributed by atoms with Crippen molar-refractivity contribution in [2.24, 2.45) is 0 Å². The van der Waals surface area contributed by atoms with Gasteiger partial charge in [-0.25, -0.2) is 15.0 Å². The number of aryl methyl sites for hydroxylation is 2. The van der Waals surface area contributed by atoms with E-state index in [1.54, 1.807) is 0 Å². The van der Waals surface area contributed by atoms with Crippen LogP contribution in [0.25, 0.3) is 33.3 Å². The molecular formula is C26H31N7. The van der Waals surface area contributed by atoms with Gasteiger partial charge in [0.15, 0.2) is 5.82 Å². The van der Waals surface area contributed by atoms with E-state index < -0.39 is 0 Å². The van der Waals surface area contributed by atoms with Crippen molar-refractivity contribution < 1.29 is 0 Å². The third-order valence-corrected chi connectivity index (χ3v) is 7.37. The number of pyridine rings is 2. The topological polar surface area (TPSA) is 82.6 Å². The molecule has 0 bridgehead atoms. The van der Waals surface area contributed by atoms with Crippen LogP contribution in [-0.4, -0.2) is 51.1 Å². The lowest BCUT2D eigenvalue weighted by atomic mass is 9.79. The number of hydrogen-bond acceptors (Lipinski definition) is 6. The molecule has 2 fully saturated rings. The minimum atomic E-state index is 0.577. The molecule has 1 saturated carbocycles. The quantitative estimate of drug-likeness (QED) is 0.474. The van der Waals surface area contributed by atoms with E-state index in [1.165, 1.54) is 41.5 Å². The molecule has 0 aromatic carbocycles. The van der Waals surface area contributed by atoms with Gasteiger partial charge < -0.3 is 15.2 Å². The first-order valence-electron chi connectivity index (χ1n) is 12.3. The van der Waals surface area contributed by atoms with Crippen LogP contribution in [-0.2, 0) is 6.42 Å². The van der Waals surface area contributed by atoms with Gasteiger partial charge in [0.05, 0.1) is 11.7 Å². The minimum Gasteiger partial charge on any atom is -0.353 e. The third kappa shape index (κ3) is 3.46. The summed E-state index contributed by atoms with van der Waals surface area (Å²) in [5.41, 5.74) is 6.74. The van der Waals surface area contributed by atoms with Crippen LogP contribution in [0, 0.1) is 6.92 Å². The van der Waals surface area contributed by atoms with Crippen LogP contribution in [0.5, 0.6) is 0 Å². The van der Waals surface area contributed by atoms with Crippen LogP contribution in [0.2, 0.25) is 0 Å². The van der Waals surface area contributed by atoms with E-state index in [9.17, 15) is 0 Å². The highest BCUT2D eigenvalue weighted by molar-refractivity contribution is 5.98. The van der Waals surface area contributed by atoms with Crippen LogP contribution < -0.4 is 10.2 Å². The van der Waals surface area contributed by atoms with Crippen molar-refractivity contribution in [3.63, 3.8) is 0 Å². The van der Waals surface area contributed by atoms with Crippen molar-refractivity contribution in [1.82, 2.24) is 30.2 Å². The zero-order valence-corrected chi connectivity index (χ0v) is 19.5. The fraction of sp³-hybridized carbons (Fsp3) is 0.462. The molecule has 0 spiro atoms. The first-order chi connectivity index (χ1) is 16.2. The minimum absolute atomic E-state index is 0.577. The molecule has 2 aliphatic rings. The zero-order chi connectivity index (χ0) is 22.4. The average molecular weight is 442 g/mol. The van der Waals surface area contributed by atoms with E-state index >= 15 is 0 Å². The molecule has 1 aliphatic heterocycles. The van der Waals surface area contributed by atoms with Gasteiger partial charge in [-0.05, 0) is 49.3 Å². The number of aromatic amines is 1. The standard InChI is InChI=1S/C26H31N7/c1-3-5-20-16(2)22-18(8-9-29-25(22)30-20)24-31-21-15-28-14-19(17-6-4-7-17)23(21)26(32-24)33-12-10-27-11-13-33/h8-9,14-15,17,27H,3-7,10-13H2,1-2H3,(H,29,30). The second-order valence-corrected chi connectivity index (χ2v) is 9.42. The Morgan fingerprint density at radius 1 is 1.09 bits per heavy atom. The number of nitrogens with zero attached hydrogens (tertiary/aromatic N) is 5. The molecule has 2 N–H and O–H groups in total. The maximum Gasteiger partial charge on any atom is 0.163 e. The third-order valence-electron chi connectivity index (χ3n) is 7.37. The normalized spacial score (nSPS) is 17.1. The zero-order valence-electron chi connectivity index (χ0n) is 19.5. The Balaban J connectivity index is 1.59. The number of aromatic nitrogens is 5. The highest BCUT2D eigenvalue weighted by Gasteiger charge is 2.27. The first-order valence-corrected chi connectivity index (χ1v) is 12.3. The number of hydrogen-bond donors (Lipinski definition) is 2. The number of nitrogens with one attached hydrogen (secondary N) is 2. The number of piperazine rings is 1. The van der Waals surface area contributed by atoms with Gasteiger partial charge in [-0.15, -0.1) is 0 Å². The summed E-state index contributed by atoms with van der Waals surface area (Å²) in [6, 6.07) is 2.06. The molecule has 170 valence electrons. The van der Waals surface area contributed by atoms with Gasteiger partial charge in [-0.2, -0.15) is 0 Å². The molecule has 1 aliphatic carbocycles. The summed E-state index contributed by atoms with van der Waals surface area (Å²) in [6.07, 6.45) is 11.7. The second kappa shape index (κ2) is 8.37. The molecule has 6 rings (SSSR count). The van der Waals surface area contributed by atoms with E-state index in [0.29, 0.717) is 5.92 Å². The van der Waals surface area contributed by atoms with Crippen LogP contribution in [0.3, 0.4) is 0 Å². The Morgan fingerprint density at radius 2 is 1.94 bits per heavy atom. The van der Waals surface area contributed by atoms with Crippen molar-refractivity contribution in [2.45, 2.75) is 51.9 Å². The maximum absolute atomic E-state index is 5.26. The highest BCUT2D eigenvalue weighted by atomic mass is 15.2. The van der Waals surface area contributed by atoms with E-state index in [2.05, 4.69) is 51.3 Å². The van der Waals surface area contributed by atoms with Crippen molar-refractivity contribution in [3.05, 3.63) is 41.5 Å². The second-order valence-electron chi connectivity index (χ2n) is 9.42. The molecular weight excluding hydrogens is 410 g/mol. The average Bonchev–Trinajstić information content (AvgIpc) is 3.13. The number of H-pyrrole nitrogens is 1. The molecule has 7 heteroatoms.